The van der Waals surface area contributed by atoms with E-state index in [9.17, 15) is 8.42 Å². The molecule has 8 nitrogen and oxygen atoms in total. The molecule has 0 unspecified atom stereocenters. The van der Waals surface area contributed by atoms with Crippen molar-refractivity contribution in [3.63, 3.8) is 0 Å². The smallest absolute Gasteiger partial charge is 0.246 e. The monoisotopic (exact) mass is 387 g/mol. The third kappa shape index (κ3) is 3.80. The van der Waals surface area contributed by atoms with Gasteiger partial charge in [0.25, 0.3) is 0 Å². The maximum Gasteiger partial charge on any atom is 0.246 e. The molecule has 0 bridgehead atoms. The summed E-state index contributed by atoms with van der Waals surface area (Å²) in [6, 6.07) is 9.80. The summed E-state index contributed by atoms with van der Waals surface area (Å²) >= 11 is 0. The molecule has 2 aromatic heterocycles. The van der Waals surface area contributed by atoms with Crippen molar-refractivity contribution in [3.05, 3.63) is 66.2 Å². The molecular formula is C18H21N5O3S. The van der Waals surface area contributed by atoms with Crippen LogP contribution in [0.2, 0.25) is 0 Å². The molecule has 0 spiro atoms. The van der Waals surface area contributed by atoms with E-state index < -0.39 is 10.0 Å². The fourth-order valence-electron chi connectivity index (χ4n) is 3.14. The molecule has 1 aromatic carbocycles. The van der Waals surface area contributed by atoms with E-state index in [1.165, 1.54) is 10.5 Å². The number of benzene rings is 1. The van der Waals surface area contributed by atoms with Crippen LogP contribution in [-0.2, 0) is 28.4 Å². The van der Waals surface area contributed by atoms with Gasteiger partial charge in [0, 0.05) is 38.1 Å². The summed E-state index contributed by atoms with van der Waals surface area (Å²) in [7, 11) is -1.80. The minimum Gasteiger partial charge on any atom is -0.371 e. The zero-order valence-corrected chi connectivity index (χ0v) is 15.8. The molecule has 0 N–H and O–H groups in total. The Hall–Kier alpha value is -2.49. The molecule has 3 heterocycles. The lowest BCUT2D eigenvalue weighted by Gasteiger charge is -2.31. The number of sulfonamides is 1. The molecule has 0 amide bonds. The van der Waals surface area contributed by atoms with Crippen LogP contribution >= 0.6 is 0 Å². The van der Waals surface area contributed by atoms with E-state index in [-0.39, 0.29) is 17.5 Å². The predicted molar refractivity (Wildman–Crippen MR) is 98.4 cm³/mol. The van der Waals surface area contributed by atoms with Crippen molar-refractivity contribution >= 4 is 10.0 Å². The molecule has 0 radical (unpaired) electrons. The second-order valence-corrected chi connectivity index (χ2v) is 8.47. The standard InChI is InChI=1S/C18H21N5O3S/c1-21-12-16(9-19-21)18-14-23(7-8-26-18)27(24,25)17-10-20-22(13-17)11-15-5-3-2-4-6-15/h2-6,9-10,12-13,18H,7-8,11,14H2,1H3/t18-/m1/s1. The fourth-order valence-corrected chi connectivity index (χ4v) is 4.52. The normalized spacial score (nSPS) is 18.6. The molecule has 1 aliphatic heterocycles. The molecule has 0 aliphatic carbocycles. The quantitative estimate of drug-likeness (QED) is 0.661. The third-order valence-corrected chi connectivity index (χ3v) is 6.38. The molecular weight excluding hydrogens is 366 g/mol. The van der Waals surface area contributed by atoms with Crippen molar-refractivity contribution < 1.29 is 13.2 Å². The molecule has 1 saturated heterocycles. The van der Waals surface area contributed by atoms with Crippen LogP contribution in [-0.4, -0.2) is 52.0 Å². The van der Waals surface area contributed by atoms with Gasteiger partial charge in [-0.2, -0.15) is 14.5 Å². The SMILES string of the molecule is Cn1cc([C@H]2CN(S(=O)(=O)c3cnn(Cc4ccccc4)c3)CCO2)cn1. The van der Waals surface area contributed by atoms with Crippen molar-refractivity contribution in [2.24, 2.45) is 7.05 Å². The number of rotatable bonds is 5. The first kappa shape index (κ1) is 17.9. The van der Waals surface area contributed by atoms with E-state index in [2.05, 4.69) is 10.2 Å². The number of nitrogens with zero attached hydrogens (tertiary/aromatic N) is 5. The maximum absolute atomic E-state index is 13.0. The average Bonchev–Trinajstić information content (AvgIpc) is 3.32. The van der Waals surface area contributed by atoms with Crippen molar-refractivity contribution in [2.75, 3.05) is 19.7 Å². The number of aromatic nitrogens is 4. The van der Waals surface area contributed by atoms with Gasteiger partial charge in [0.05, 0.1) is 31.6 Å². The van der Waals surface area contributed by atoms with Gasteiger partial charge in [-0.05, 0) is 5.56 Å². The van der Waals surface area contributed by atoms with Crippen LogP contribution in [0.15, 0.2) is 60.0 Å². The van der Waals surface area contributed by atoms with Gasteiger partial charge in [0.15, 0.2) is 0 Å². The highest BCUT2D eigenvalue weighted by Crippen LogP contribution is 2.26. The third-order valence-electron chi connectivity index (χ3n) is 4.56. The fraction of sp³-hybridized carbons (Fsp3) is 0.333. The predicted octanol–water partition coefficient (Wildman–Crippen LogP) is 1.43. The molecule has 142 valence electrons. The topological polar surface area (TPSA) is 82.2 Å². The van der Waals surface area contributed by atoms with Crippen LogP contribution in [0.1, 0.15) is 17.2 Å². The van der Waals surface area contributed by atoms with Gasteiger partial charge in [0.2, 0.25) is 10.0 Å². The van der Waals surface area contributed by atoms with E-state index in [1.807, 2.05) is 43.6 Å². The number of morpholine rings is 1. The lowest BCUT2D eigenvalue weighted by atomic mass is 10.2. The number of aryl methyl sites for hydroxylation is 1. The van der Waals surface area contributed by atoms with Gasteiger partial charge >= 0.3 is 0 Å². The Bertz CT molecular complexity index is 1010. The Morgan fingerprint density at radius 3 is 2.70 bits per heavy atom. The van der Waals surface area contributed by atoms with Crippen molar-refractivity contribution in [1.29, 1.82) is 0 Å². The molecule has 1 fully saturated rings. The highest BCUT2D eigenvalue weighted by molar-refractivity contribution is 7.89. The molecule has 1 aliphatic rings. The second-order valence-electron chi connectivity index (χ2n) is 6.53. The number of hydrogen-bond acceptors (Lipinski definition) is 5. The summed E-state index contributed by atoms with van der Waals surface area (Å²) in [4.78, 5) is 0.199. The van der Waals surface area contributed by atoms with Crippen molar-refractivity contribution in [1.82, 2.24) is 23.9 Å². The van der Waals surface area contributed by atoms with E-state index in [0.717, 1.165) is 11.1 Å². The van der Waals surface area contributed by atoms with Crippen LogP contribution < -0.4 is 0 Å². The van der Waals surface area contributed by atoms with Crippen LogP contribution in [0.4, 0.5) is 0 Å². The average molecular weight is 387 g/mol. The lowest BCUT2D eigenvalue weighted by molar-refractivity contribution is -0.00259. The largest absolute Gasteiger partial charge is 0.371 e. The summed E-state index contributed by atoms with van der Waals surface area (Å²) in [6.45, 7) is 1.45. The minimum absolute atomic E-state index is 0.199. The van der Waals surface area contributed by atoms with Crippen molar-refractivity contribution in [3.8, 4) is 0 Å². The van der Waals surface area contributed by atoms with E-state index in [0.29, 0.717) is 19.7 Å². The second kappa shape index (κ2) is 7.26. The Morgan fingerprint density at radius 1 is 1.15 bits per heavy atom. The summed E-state index contributed by atoms with van der Waals surface area (Å²) in [6.07, 6.45) is 6.22. The van der Waals surface area contributed by atoms with Crippen LogP contribution in [0.25, 0.3) is 0 Å². The van der Waals surface area contributed by atoms with E-state index >= 15 is 0 Å². The molecule has 4 rings (SSSR count). The van der Waals surface area contributed by atoms with E-state index in [4.69, 9.17) is 4.74 Å². The summed E-state index contributed by atoms with van der Waals surface area (Å²) < 4.78 is 36.6. The van der Waals surface area contributed by atoms with Gasteiger partial charge in [-0.3, -0.25) is 9.36 Å². The van der Waals surface area contributed by atoms with Crippen LogP contribution in [0.3, 0.4) is 0 Å². The van der Waals surface area contributed by atoms with Crippen molar-refractivity contribution in [2.45, 2.75) is 17.5 Å². The van der Waals surface area contributed by atoms with E-state index in [1.54, 1.807) is 21.8 Å². The number of hydrogen-bond donors (Lipinski definition) is 0. The Balaban J connectivity index is 1.51. The van der Waals surface area contributed by atoms with Gasteiger partial charge in [-0.25, -0.2) is 8.42 Å². The molecule has 3 aromatic rings. The molecule has 1 atom stereocenters. The highest BCUT2D eigenvalue weighted by Gasteiger charge is 2.32. The van der Waals surface area contributed by atoms with Gasteiger partial charge in [-0.1, -0.05) is 30.3 Å². The summed E-state index contributed by atoms with van der Waals surface area (Å²) in [5.41, 5.74) is 1.93. The first-order chi connectivity index (χ1) is 13.0. The highest BCUT2D eigenvalue weighted by atomic mass is 32.2. The zero-order valence-electron chi connectivity index (χ0n) is 15.0. The molecule has 0 saturated carbocycles. The lowest BCUT2D eigenvalue weighted by Crippen LogP contribution is -2.42. The van der Waals surface area contributed by atoms with Gasteiger partial charge < -0.3 is 4.74 Å². The minimum atomic E-state index is -3.62. The maximum atomic E-state index is 13.0. The number of ether oxygens (including phenoxy) is 1. The zero-order chi connectivity index (χ0) is 18.9. The summed E-state index contributed by atoms with van der Waals surface area (Å²) in [5, 5.41) is 8.36. The van der Waals surface area contributed by atoms with Gasteiger partial charge in [-0.15, -0.1) is 0 Å². The molecule has 27 heavy (non-hydrogen) atoms. The van der Waals surface area contributed by atoms with Crippen LogP contribution in [0.5, 0.6) is 0 Å². The Kier molecular flexibility index (Phi) is 4.81. The Morgan fingerprint density at radius 2 is 1.96 bits per heavy atom. The first-order valence-electron chi connectivity index (χ1n) is 8.69. The first-order valence-corrected chi connectivity index (χ1v) is 10.1. The summed E-state index contributed by atoms with van der Waals surface area (Å²) in [5.74, 6) is 0. The van der Waals surface area contributed by atoms with Crippen LogP contribution in [0, 0.1) is 0 Å². The Labute approximate surface area is 158 Å². The van der Waals surface area contributed by atoms with Gasteiger partial charge in [0.1, 0.15) is 4.90 Å². The molecule has 9 heteroatoms.